The van der Waals surface area contributed by atoms with Gasteiger partial charge in [-0.25, -0.2) is 0 Å². The minimum absolute atomic E-state index is 0.306. The number of carboxylic acids is 1. The van der Waals surface area contributed by atoms with E-state index in [1.165, 1.54) is 11.3 Å². The molecule has 2 amide bonds. The highest BCUT2D eigenvalue weighted by molar-refractivity contribution is 7.17. The van der Waals surface area contributed by atoms with Gasteiger partial charge in [-0.3, -0.25) is 14.4 Å². The second-order valence-electron chi connectivity index (χ2n) is 6.25. The van der Waals surface area contributed by atoms with Crippen molar-refractivity contribution in [3.8, 4) is 0 Å². The lowest BCUT2D eigenvalue weighted by Gasteiger charge is -2.27. The summed E-state index contributed by atoms with van der Waals surface area (Å²) in [6.45, 7) is 0. The minimum atomic E-state index is -0.923. The van der Waals surface area contributed by atoms with Crippen LogP contribution in [0.4, 0.5) is 5.00 Å². The fraction of sp³-hybridized carbons (Fsp3) is 0.562. The van der Waals surface area contributed by atoms with E-state index in [1.54, 1.807) is 0 Å². The van der Waals surface area contributed by atoms with Crippen molar-refractivity contribution in [1.82, 2.24) is 0 Å². The summed E-state index contributed by atoms with van der Waals surface area (Å²) in [6.07, 6.45) is 5.49. The number of carboxylic acid groups (broad SMARTS) is 1. The maximum absolute atomic E-state index is 12.6. The number of thiophene rings is 1. The third kappa shape index (κ3) is 2.97. The molecule has 2 aliphatic rings. The van der Waals surface area contributed by atoms with Gasteiger partial charge in [0.15, 0.2) is 0 Å². The number of aryl methyl sites for hydroxylation is 1. The summed E-state index contributed by atoms with van der Waals surface area (Å²) in [6, 6.07) is 0. The summed E-state index contributed by atoms with van der Waals surface area (Å²) in [7, 11) is 0. The molecule has 0 saturated heterocycles. The highest BCUT2D eigenvalue weighted by atomic mass is 32.1. The highest BCUT2D eigenvalue weighted by Gasteiger charge is 2.36. The van der Waals surface area contributed by atoms with Gasteiger partial charge in [0.1, 0.15) is 5.00 Å². The third-order valence-electron chi connectivity index (χ3n) is 4.82. The molecule has 3 rings (SSSR count). The van der Waals surface area contributed by atoms with Crippen molar-refractivity contribution in [3.05, 3.63) is 16.0 Å². The number of carbonyl (C=O) groups is 3. The maximum atomic E-state index is 12.6. The number of rotatable bonds is 4. The monoisotopic (exact) mass is 336 g/mol. The van der Waals surface area contributed by atoms with E-state index >= 15 is 0 Å². The second-order valence-corrected chi connectivity index (χ2v) is 7.36. The van der Waals surface area contributed by atoms with Crippen LogP contribution in [0.25, 0.3) is 0 Å². The smallest absolute Gasteiger partial charge is 0.307 e. The van der Waals surface area contributed by atoms with E-state index in [1.807, 2.05) is 0 Å². The molecule has 1 heterocycles. The fourth-order valence-electron chi connectivity index (χ4n) is 3.70. The van der Waals surface area contributed by atoms with Crippen LogP contribution in [0.15, 0.2) is 0 Å². The molecule has 23 heavy (non-hydrogen) atoms. The Bertz CT molecular complexity index is 667. The predicted octanol–water partition coefficient (Wildman–Crippen LogP) is 2.17. The molecule has 1 aromatic rings. The van der Waals surface area contributed by atoms with Crippen molar-refractivity contribution >= 4 is 34.1 Å². The largest absolute Gasteiger partial charge is 0.481 e. The summed E-state index contributed by atoms with van der Waals surface area (Å²) >= 11 is 1.40. The summed E-state index contributed by atoms with van der Waals surface area (Å²) < 4.78 is 0. The molecule has 6 nitrogen and oxygen atoms in total. The first-order valence-electron chi connectivity index (χ1n) is 7.97. The summed E-state index contributed by atoms with van der Waals surface area (Å²) in [5, 5.41) is 12.6. The molecule has 2 atom stereocenters. The highest BCUT2D eigenvalue weighted by Crippen LogP contribution is 2.40. The van der Waals surface area contributed by atoms with E-state index in [4.69, 9.17) is 5.73 Å². The Labute approximate surface area is 138 Å². The van der Waals surface area contributed by atoms with Crippen LogP contribution in [0.3, 0.4) is 0 Å². The normalized spacial score (nSPS) is 23.3. The Morgan fingerprint density at radius 3 is 2.43 bits per heavy atom. The van der Waals surface area contributed by atoms with Crippen molar-refractivity contribution in [2.24, 2.45) is 17.6 Å². The number of aliphatic carboxylic acids is 1. The van der Waals surface area contributed by atoms with Crippen LogP contribution in [0, 0.1) is 11.8 Å². The van der Waals surface area contributed by atoms with Crippen LogP contribution >= 0.6 is 11.3 Å². The Hall–Kier alpha value is -1.89. The van der Waals surface area contributed by atoms with Gasteiger partial charge in [0.05, 0.1) is 17.4 Å². The molecule has 124 valence electrons. The van der Waals surface area contributed by atoms with Gasteiger partial charge in [-0.05, 0) is 37.7 Å². The van der Waals surface area contributed by atoms with Gasteiger partial charge in [0, 0.05) is 4.88 Å². The Morgan fingerprint density at radius 2 is 1.78 bits per heavy atom. The molecule has 7 heteroatoms. The van der Waals surface area contributed by atoms with Gasteiger partial charge < -0.3 is 16.2 Å². The second kappa shape index (κ2) is 6.31. The molecular formula is C16H20N2O4S. The van der Waals surface area contributed by atoms with Crippen LogP contribution < -0.4 is 11.1 Å². The van der Waals surface area contributed by atoms with Crippen LogP contribution in [0.5, 0.6) is 0 Å². The topological polar surface area (TPSA) is 109 Å². The molecule has 1 fully saturated rings. The first-order valence-corrected chi connectivity index (χ1v) is 8.78. The van der Waals surface area contributed by atoms with Crippen molar-refractivity contribution in [2.45, 2.75) is 44.9 Å². The lowest BCUT2D eigenvalue weighted by atomic mass is 9.79. The SMILES string of the molecule is NC(=O)c1c(NC(=O)[C@@H]2CCCC[C@@H]2C(=O)O)sc2c1CCC2. The van der Waals surface area contributed by atoms with Gasteiger partial charge in [0.2, 0.25) is 5.91 Å². The number of hydrogen-bond donors (Lipinski definition) is 3. The van der Waals surface area contributed by atoms with E-state index in [-0.39, 0.29) is 5.91 Å². The van der Waals surface area contributed by atoms with Crippen LogP contribution in [-0.4, -0.2) is 22.9 Å². The van der Waals surface area contributed by atoms with E-state index in [9.17, 15) is 19.5 Å². The molecular weight excluding hydrogens is 316 g/mol. The lowest BCUT2D eigenvalue weighted by molar-refractivity contribution is -0.147. The maximum Gasteiger partial charge on any atom is 0.307 e. The zero-order valence-electron chi connectivity index (χ0n) is 12.8. The third-order valence-corrected chi connectivity index (χ3v) is 6.03. The molecule has 0 aromatic carbocycles. The van der Waals surface area contributed by atoms with Crippen LogP contribution in [-0.2, 0) is 22.4 Å². The Morgan fingerprint density at radius 1 is 1.09 bits per heavy atom. The van der Waals surface area contributed by atoms with Gasteiger partial charge in [0.25, 0.3) is 5.91 Å². The van der Waals surface area contributed by atoms with E-state index < -0.39 is 23.7 Å². The standard InChI is InChI=1S/C16H20N2O4S/c17-13(19)12-10-6-3-7-11(10)23-15(12)18-14(20)8-4-1-2-5-9(8)16(21)22/h8-9H,1-7H2,(H2,17,19)(H,18,20)(H,21,22)/t8-,9+/m1/s1. The number of nitrogens with two attached hydrogens (primary N) is 1. The first-order chi connectivity index (χ1) is 11.0. The molecule has 0 radical (unpaired) electrons. The van der Waals surface area contributed by atoms with Crippen LogP contribution in [0.2, 0.25) is 0 Å². The summed E-state index contributed by atoms with van der Waals surface area (Å²) in [4.78, 5) is 36.8. The minimum Gasteiger partial charge on any atom is -0.481 e. The van der Waals surface area contributed by atoms with E-state index in [0.29, 0.717) is 23.4 Å². The number of amides is 2. The molecule has 0 unspecified atom stereocenters. The number of fused-ring (bicyclic) bond motifs is 1. The summed E-state index contributed by atoms with van der Waals surface area (Å²) in [5.41, 5.74) is 6.85. The zero-order chi connectivity index (χ0) is 16.6. The molecule has 0 bridgehead atoms. The number of anilines is 1. The average molecular weight is 336 g/mol. The van der Waals surface area contributed by atoms with Gasteiger partial charge in [-0.1, -0.05) is 12.8 Å². The Kier molecular flexibility index (Phi) is 4.39. The zero-order valence-corrected chi connectivity index (χ0v) is 13.6. The quantitative estimate of drug-likeness (QED) is 0.782. The average Bonchev–Trinajstić information content (AvgIpc) is 3.06. The molecule has 1 aromatic heterocycles. The lowest BCUT2D eigenvalue weighted by Crippen LogP contribution is -2.36. The van der Waals surface area contributed by atoms with Crippen molar-refractivity contribution in [1.29, 1.82) is 0 Å². The predicted molar refractivity (Wildman–Crippen MR) is 86.6 cm³/mol. The number of primary amides is 1. The number of carbonyl (C=O) groups excluding carboxylic acids is 2. The van der Waals surface area contributed by atoms with Gasteiger partial charge in [-0.2, -0.15) is 0 Å². The molecule has 0 aliphatic heterocycles. The number of nitrogens with one attached hydrogen (secondary N) is 1. The first kappa shape index (κ1) is 16.0. The van der Waals surface area contributed by atoms with E-state index in [2.05, 4.69) is 5.32 Å². The van der Waals surface area contributed by atoms with Crippen LogP contribution in [0.1, 0.15) is 52.9 Å². The van der Waals surface area contributed by atoms with Crippen molar-refractivity contribution < 1.29 is 19.5 Å². The molecule has 4 N–H and O–H groups in total. The van der Waals surface area contributed by atoms with Gasteiger partial charge >= 0.3 is 5.97 Å². The Balaban J connectivity index is 1.83. The molecule has 2 aliphatic carbocycles. The van der Waals surface area contributed by atoms with E-state index in [0.717, 1.165) is 42.5 Å². The fourth-order valence-corrected chi connectivity index (χ4v) is 5.00. The number of hydrogen-bond acceptors (Lipinski definition) is 4. The molecule has 1 saturated carbocycles. The molecule has 0 spiro atoms. The van der Waals surface area contributed by atoms with Crippen molar-refractivity contribution in [2.75, 3.05) is 5.32 Å². The van der Waals surface area contributed by atoms with Gasteiger partial charge in [-0.15, -0.1) is 11.3 Å². The summed E-state index contributed by atoms with van der Waals surface area (Å²) in [5.74, 6) is -2.95. The van der Waals surface area contributed by atoms with Crippen molar-refractivity contribution in [3.63, 3.8) is 0 Å².